The lowest BCUT2D eigenvalue weighted by atomic mass is 10.4. The summed E-state index contributed by atoms with van der Waals surface area (Å²) in [6.07, 6.45) is 0. The largest absolute Gasteiger partial charge is 0.287 e. The third-order valence-corrected chi connectivity index (χ3v) is 3.21. The van der Waals surface area contributed by atoms with Gasteiger partial charge in [-0.25, -0.2) is 0 Å². The summed E-state index contributed by atoms with van der Waals surface area (Å²) < 4.78 is 1.15. The Balaban J connectivity index is 2.65. The summed E-state index contributed by atoms with van der Waals surface area (Å²) in [5.74, 6) is -0.110. The van der Waals surface area contributed by atoms with E-state index in [0.29, 0.717) is 0 Å². The maximum atomic E-state index is 10.8. The molecule has 1 heterocycles. The molecule has 0 radical (unpaired) electrons. The fraction of sp³-hybridized carbons (Fsp3) is 0.750. The lowest BCUT2D eigenvalue weighted by Gasteiger charge is -2.02. The Bertz CT molecular complexity index is 143. The van der Waals surface area contributed by atoms with Crippen LogP contribution in [0.3, 0.4) is 0 Å². The van der Waals surface area contributed by atoms with Gasteiger partial charge in [0.15, 0.2) is 0 Å². The van der Waals surface area contributed by atoms with Gasteiger partial charge in [-0.1, -0.05) is 0 Å². The zero-order valence-corrected chi connectivity index (χ0v) is 7.00. The van der Waals surface area contributed by atoms with Crippen LogP contribution < -0.4 is 0 Å². The number of hydrogen-bond donors (Lipinski definition) is 0. The highest BCUT2D eigenvalue weighted by Crippen LogP contribution is 2.33. The molecule has 2 nitrogen and oxygen atoms in total. The van der Waals surface area contributed by atoms with E-state index in [0.717, 1.165) is 0 Å². The average Bonchev–Trinajstić information content (AvgIpc) is 1.98. The predicted octanol–water partition coefficient (Wildman–Crippen LogP) is 1.28. The van der Waals surface area contributed by atoms with Crippen molar-refractivity contribution in [1.82, 2.24) is 4.31 Å². The van der Waals surface area contributed by atoms with Gasteiger partial charge in [0.1, 0.15) is 10.1 Å². The van der Waals surface area contributed by atoms with Gasteiger partial charge in [0.2, 0.25) is 0 Å². The Morgan fingerprint density at radius 2 is 2.22 bits per heavy atom. The fourth-order valence-electron chi connectivity index (χ4n) is 0.542. The van der Waals surface area contributed by atoms with Crippen molar-refractivity contribution in [3.05, 3.63) is 0 Å². The monoisotopic (exact) mass is 185 g/mol. The van der Waals surface area contributed by atoms with E-state index in [2.05, 4.69) is 0 Å². The number of carbonyl (C=O) groups excluding carboxylic acids is 1. The van der Waals surface area contributed by atoms with Gasteiger partial charge in [-0.3, -0.25) is 9.10 Å². The third-order valence-electron chi connectivity index (χ3n) is 1.04. The first-order chi connectivity index (χ1) is 4.13. The van der Waals surface area contributed by atoms with Crippen LogP contribution in [-0.4, -0.2) is 27.3 Å². The molecule has 52 valence electrons. The molecule has 0 spiro atoms. The molecule has 1 aliphatic heterocycles. The number of rotatable bonds is 0. The van der Waals surface area contributed by atoms with Crippen molar-refractivity contribution in [2.24, 2.45) is 0 Å². The van der Waals surface area contributed by atoms with Gasteiger partial charge in [-0.15, -0.1) is 23.2 Å². The Kier molecular flexibility index (Phi) is 2.14. The van der Waals surface area contributed by atoms with Crippen molar-refractivity contribution >= 4 is 41.1 Å². The van der Waals surface area contributed by atoms with E-state index in [1.807, 2.05) is 0 Å². The first kappa shape index (κ1) is 7.51. The number of halogens is 2. The summed E-state index contributed by atoms with van der Waals surface area (Å²) in [6, 6.07) is 0. The van der Waals surface area contributed by atoms with Crippen LogP contribution in [-0.2, 0) is 4.79 Å². The molecule has 0 N–H and O–H groups in total. The molecular weight excluding hydrogens is 181 g/mol. The van der Waals surface area contributed by atoms with E-state index in [1.165, 1.54) is 16.3 Å². The molecule has 2 atom stereocenters. The number of nitrogens with zero attached hydrogens (tertiary/aromatic N) is 1. The van der Waals surface area contributed by atoms with Crippen molar-refractivity contribution in [1.29, 1.82) is 0 Å². The molecular formula is C4H5Cl2NOS. The summed E-state index contributed by atoms with van der Waals surface area (Å²) in [5, 5.41) is -0.554. The summed E-state index contributed by atoms with van der Waals surface area (Å²) >= 11 is 12.4. The summed E-state index contributed by atoms with van der Waals surface area (Å²) in [4.78, 5) is 10.8. The van der Waals surface area contributed by atoms with Crippen molar-refractivity contribution in [3.8, 4) is 0 Å². The van der Waals surface area contributed by atoms with E-state index >= 15 is 0 Å². The van der Waals surface area contributed by atoms with Crippen LogP contribution in [0.1, 0.15) is 0 Å². The van der Waals surface area contributed by atoms with Crippen LogP contribution in [0, 0.1) is 0 Å². The maximum Gasteiger partial charge on any atom is 0.252 e. The molecule has 0 saturated carbocycles. The number of amides is 1. The summed E-state index contributed by atoms with van der Waals surface area (Å²) in [6.45, 7) is 0. The third kappa shape index (κ3) is 1.28. The van der Waals surface area contributed by atoms with Gasteiger partial charge in [0.25, 0.3) is 5.91 Å². The Morgan fingerprint density at radius 3 is 2.33 bits per heavy atom. The molecule has 2 unspecified atom stereocenters. The van der Waals surface area contributed by atoms with E-state index in [1.54, 1.807) is 7.05 Å². The Labute approximate surface area is 67.6 Å². The van der Waals surface area contributed by atoms with Crippen LogP contribution in [0.15, 0.2) is 0 Å². The SMILES string of the molecule is CN1SC(Cl)C(Cl)C1=O. The molecule has 5 heteroatoms. The second-order valence-electron chi connectivity index (χ2n) is 1.69. The Hall–Kier alpha value is 0.400. The molecule has 0 aromatic heterocycles. The lowest BCUT2D eigenvalue weighted by Crippen LogP contribution is -2.21. The van der Waals surface area contributed by atoms with Gasteiger partial charge in [0, 0.05) is 7.05 Å². The normalized spacial score (nSPS) is 35.9. The Morgan fingerprint density at radius 1 is 1.67 bits per heavy atom. The first-order valence-corrected chi connectivity index (χ1v) is 4.06. The molecule has 1 rings (SSSR count). The average molecular weight is 186 g/mol. The van der Waals surface area contributed by atoms with Crippen LogP contribution in [0.4, 0.5) is 0 Å². The molecule has 1 aliphatic rings. The second kappa shape index (κ2) is 2.56. The minimum absolute atomic E-state index is 0.110. The highest BCUT2D eigenvalue weighted by molar-refractivity contribution is 8.00. The molecule has 1 amide bonds. The van der Waals surface area contributed by atoms with Crippen LogP contribution >= 0.6 is 35.1 Å². The van der Waals surface area contributed by atoms with Crippen molar-refractivity contribution in [2.45, 2.75) is 10.1 Å². The van der Waals surface area contributed by atoms with Crippen LogP contribution in [0.25, 0.3) is 0 Å². The molecule has 1 fully saturated rings. The van der Waals surface area contributed by atoms with Crippen LogP contribution in [0.5, 0.6) is 0 Å². The molecule has 9 heavy (non-hydrogen) atoms. The summed E-state index contributed by atoms with van der Waals surface area (Å²) in [5.41, 5.74) is 0. The summed E-state index contributed by atoms with van der Waals surface area (Å²) in [7, 11) is 1.66. The molecule has 0 bridgehead atoms. The molecule has 1 saturated heterocycles. The van der Waals surface area contributed by atoms with Crippen molar-refractivity contribution < 1.29 is 4.79 Å². The van der Waals surface area contributed by atoms with Crippen LogP contribution in [0.2, 0.25) is 0 Å². The standard InChI is InChI=1S/C4H5Cl2NOS/c1-7-4(8)2(5)3(6)9-7/h2-3H,1H3. The number of carbonyl (C=O) groups is 1. The van der Waals surface area contributed by atoms with Gasteiger partial charge < -0.3 is 0 Å². The molecule has 0 aromatic carbocycles. The zero-order chi connectivity index (χ0) is 7.02. The predicted molar refractivity (Wildman–Crippen MR) is 39.6 cm³/mol. The van der Waals surface area contributed by atoms with Crippen molar-refractivity contribution in [3.63, 3.8) is 0 Å². The minimum atomic E-state index is -0.554. The van der Waals surface area contributed by atoms with Gasteiger partial charge in [-0.2, -0.15) is 0 Å². The number of alkyl halides is 2. The molecule has 0 aliphatic carbocycles. The fourth-order valence-corrected chi connectivity index (χ4v) is 2.09. The topological polar surface area (TPSA) is 20.3 Å². The second-order valence-corrected chi connectivity index (χ2v) is 4.16. The minimum Gasteiger partial charge on any atom is -0.287 e. The smallest absolute Gasteiger partial charge is 0.252 e. The lowest BCUT2D eigenvalue weighted by molar-refractivity contribution is -0.123. The highest BCUT2D eigenvalue weighted by Gasteiger charge is 2.36. The first-order valence-electron chi connectivity index (χ1n) is 2.35. The quantitative estimate of drug-likeness (QED) is 0.419. The molecule has 0 aromatic rings. The number of hydrogen-bond acceptors (Lipinski definition) is 2. The van der Waals surface area contributed by atoms with Gasteiger partial charge >= 0.3 is 0 Å². The van der Waals surface area contributed by atoms with Crippen molar-refractivity contribution in [2.75, 3.05) is 7.05 Å². The maximum absolute atomic E-state index is 10.8. The van der Waals surface area contributed by atoms with Gasteiger partial charge in [-0.05, 0) is 11.9 Å². The van der Waals surface area contributed by atoms with E-state index < -0.39 is 5.38 Å². The van der Waals surface area contributed by atoms with E-state index in [-0.39, 0.29) is 10.6 Å². The zero-order valence-electron chi connectivity index (χ0n) is 4.67. The van der Waals surface area contributed by atoms with Gasteiger partial charge in [0.05, 0.1) is 0 Å². The van der Waals surface area contributed by atoms with E-state index in [4.69, 9.17) is 23.2 Å². The van der Waals surface area contributed by atoms with E-state index in [9.17, 15) is 4.79 Å². The highest BCUT2D eigenvalue weighted by atomic mass is 35.5.